The molecule has 2 aliphatic heterocycles. The standard InChI is InChI=1S/C21H27N5O3/c1-20(2,3)29-19(28)25-9-10-26-16-11-15(14-7-5-6-8-17(14)27)23-24-18(16)22-12-21(26,4)13-25/h5-8,11,27H,9-10,12-13H2,1-4H3,(H,22,24). The number of hydrogen-bond donors (Lipinski definition) is 2. The highest BCUT2D eigenvalue weighted by Gasteiger charge is 2.44. The highest BCUT2D eigenvalue weighted by atomic mass is 16.6. The Hall–Kier alpha value is -3.03. The number of carbonyl (C=O) groups is 1. The topological polar surface area (TPSA) is 90.8 Å². The van der Waals surface area contributed by atoms with E-state index in [1.54, 1.807) is 17.0 Å². The Kier molecular flexibility index (Phi) is 4.52. The molecule has 2 aliphatic rings. The van der Waals surface area contributed by atoms with Gasteiger partial charge in [-0.2, -0.15) is 0 Å². The summed E-state index contributed by atoms with van der Waals surface area (Å²) in [6.07, 6.45) is -0.285. The van der Waals surface area contributed by atoms with E-state index in [0.29, 0.717) is 43.3 Å². The second kappa shape index (κ2) is 6.79. The number of phenolic OH excluding ortho intramolecular Hbond substituents is 1. The van der Waals surface area contributed by atoms with Crippen LogP contribution in [-0.2, 0) is 4.74 Å². The van der Waals surface area contributed by atoms with Gasteiger partial charge in [0.15, 0.2) is 5.82 Å². The van der Waals surface area contributed by atoms with E-state index in [9.17, 15) is 9.90 Å². The van der Waals surface area contributed by atoms with Crippen LogP contribution in [0.25, 0.3) is 11.3 Å². The second-order valence-corrected chi connectivity index (χ2v) is 8.88. The van der Waals surface area contributed by atoms with Crippen LogP contribution >= 0.6 is 0 Å². The Bertz CT molecular complexity index is 942. The summed E-state index contributed by atoms with van der Waals surface area (Å²) in [6, 6.07) is 9.04. The Balaban J connectivity index is 1.62. The minimum absolute atomic E-state index is 0.169. The lowest BCUT2D eigenvalue weighted by molar-refractivity contribution is 0.0175. The number of para-hydroxylation sites is 1. The van der Waals surface area contributed by atoms with Crippen LogP contribution in [0.5, 0.6) is 5.75 Å². The van der Waals surface area contributed by atoms with E-state index in [4.69, 9.17) is 4.74 Å². The van der Waals surface area contributed by atoms with Gasteiger partial charge in [-0.3, -0.25) is 0 Å². The largest absolute Gasteiger partial charge is 0.507 e. The SMILES string of the molecule is CC(C)(C)OC(=O)N1CCN2c3cc(-c4ccccc4O)nnc3NCC2(C)C1. The first-order valence-corrected chi connectivity index (χ1v) is 9.82. The fourth-order valence-corrected chi connectivity index (χ4v) is 3.92. The number of hydrogen-bond acceptors (Lipinski definition) is 7. The molecule has 0 radical (unpaired) electrons. The number of piperazine rings is 1. The molecule has 1 unspecified atom stereocenters. The van der Waals surface area contributed by atoms with Crippen molar-refractivity contribution in [1.82, 2.24) is 15.1 Å². The van der Waals surface area contributed by atoms with E-state index in [-0.39, 0.29) is 17.4 Å². The van der Waals surface area contributed by atoms with Crippen LogP contribution in [0.1, 0.15) is 27.7 Å². The molecule has 1 saturated heterocycles. The monoisotopic (exact) mass is 397 g/mol. The first-order valence-electron chi connectivity index (χ1n) is 9.82. The number of amides is 1. The van der Waals surface area contributed by atoms with Crippen LogP contribution in [0.4, 0.5) is 16.3 Å². The molecular formula is C21H27N5O3. The van der Waals surface area contributed by atoms with Gasteiger partial charge in [-0.05, 0) is 45.9 Å². The number of phenols is 1. The van der Waals surface area contributed by atoms with Gasteiger partial charge in [0.1, 0.15) is 11.4 Å². The average molecular weight is 397 g/mol. The summed E-state index contributed by atoms with van der Waals surface area (Å²) < 4.78 is 5.56. The number of benzene rings is 1. The number of nitrogens with zero attached hydrogens (tertiary/aromatic N) is 4. The van der Waals surface area contributed by atoms with Gasteiger partial charge in [-0.15, -0.1) is 10.2 Å². The molecule has 1 aromatic carbocycles. The van der Waals surface area contributed by atoms with Crippen LogP contribution in [0.3, 0.4) is 0 Å². The normalized spacial score (nSPS) is 21.1. The smallest absolute Gasteiger partial charge is 0.410 e. The van der Waals surface area contributed by atoms with Gasteiger partial charge < -0.3 is 25.0 Å². The maximum atomic E-state index is 12.6. The molecule has 1 aromatic heterocycles. The molecule has 0 aliphatic carbocycles. The first-order chi connectivity index (χ1) is 13.7. The van der Waals surface area contributed by atoms with Gasteiger partial charge >= 0.3 is 6.09 Å². The van der Waals surface area contributed by atoms with Gasteiger partial charge in [0.05, 0.1) is 16.9 Å². The zero-order chi connectivity index (χ0) is 20.8. The molecule has 8 nitrogen and oxygen atoms in total. The summed E-state index contributed by atoms with van der Waals surface area (Å²) >= 11 is 0. The number of ether oxygens (including phenoxy) is 1. The van der Waals surface area contributed by atoms with E-state index >= 15 is 0 Å². The van der Waals surface area contributed by atoms with Crippen molar-refractivity contribution in [3.8, 4) is 17.0 Å². The van der Waals surface area contributed by atoms with Crippen LogP contribution in [0.15, 0.2) is 30.3 Å². The minimum Gasteiger partial charge on any atom is -0.507 e. The minimum atomic E-state index is -0.519. The van der Waals surface area contributed by atoms with Crippen molar-refractivity contribution in [2.75, 3.05) is 36.4 Å². The molecule has 154 valence electrons. The van der Waals surface area contributed by atoms with Crippen LogP contribution in [0, 0.1) is 0 Å². The number of aromatic nitrogens is 2. The lowest BCUT2D eigenvalue weighted by Gasteiger charge is -2.52. The van der Waals surface area contributed by atoms with Crippen molar-refractivity contribution in [1.29, 1.82) is 0 Å². The van der Waals surface area contributed by atoms with E-state index in [0.717, 1.165) is 5.69 Å². The molecule has 3 heterocycles. The van der Waals surface area contributed by atoms with Crippen LogP contribution in [0.2, 0.25) is 0 Å². The van der Waals surface area contributed by atoms with Gasteiger partial charge in [-0.1, -0.05) is 12.1 Å². The summed E-state index contributed by atoms with van der Waals surface area (Å²) in [5.41, 5.74) is 1.36. The molecule has 4 rings (SSSR count). The zero-order valence-corrected chi connectivity index (χ0v) is 17.3. The Labute approximate surface area is 170 Å². The van der Waals surface area contributed by atoms with Gasteiger partial charge in [0.25, 0.3) is 0 Å². The van der Waals surface area contributed by atoms with Crippen molar-refractivity contribution >= 4 is 17.6 Å². The molecular weight excluding hydrogens is 370 g/mol. The highest BCUT2D eigenvalue weighted by Crippen LogP contribution is 2.39. The molecule has 2 aromatic rings. The van der Waals surface area contributed by atoms with Gasteiger partial charge in [-0.25, -0.2) is 4.79 Å². The van der Waals surface area contributed by atoms with E-state index in [1.165, 1.54) is 0 Å². The maximum absolute atomic E-state index is 12.6. The van der Waals surface area contributed by atoms with Crippen molar-refractivity contribution in [3.63, 3.8) is 0 Å². The van der Waals surface area contributed by atoms with Crippen molar-refractivity contribution in [2.24, 2.45) is 0 Å². The lowest BCUT2D eigenvalue weighted by Crippen LogP contribution is -2.66. The molecule has 2 N–H and O–H groups in total. The van der Waals surface area contributed by atoms with E-state index in [1.807, 2.05) is 39.0 Å². The maximum Gasteiger partial charge on any atom is 0.410 e. The number of anilines is 2. The number of nitrogens with one attached hydrogen (secondary N) is 1. The molecule has 1 amide bonds. The third kappa shape index (κ3) is 3.66. The number of fused-ring (bicyclic) bond motifs is 3. The van der Waals surface area contributed by atoms with Gasteiger partial charge in [0.2, 0.25) is 0 Å². The predicted molar refractivity (Wildman–Crippen MR) is 111 cm³/mol. The van der Waals surface area contributed by atoms with Crippen LogP contribution in [-0.4, -0.2) is 63.6 Å². The fraction of sp³-hybridized carbons (Fsp3) is 0.476. The van der Waals surface area contributed by atoms with E-state index < -0.39 is 5.60 Å². The zero-order valence-electron chi connectivity index (χ0n) is 17.3. The summed E-state index contributed by atoms with van der Waals surface area (Å²) in [7, 11) is 0. The average Bonchev–Trinajstić information content (AvgIpc) is 2.65. The molecule has 29 heavy (non-hydrogen) atoms. The predicted octanol–water partition coefficient (Wildman–Crippen LogP) is 3.09. The molecule has 0 bridgehead atoms. The molecule has 0 saturated carbocycles. The summed E-state index contributed by atoms with van der Waals surface area (Å²) in [5.74, 6) is 0.885. The second-order valence-electron chi connectivity index (χ2n) is 8.88. The summed E-state index contributed by atoms with van der Waals surface area (Å²) in [6.45, 7) is 10.2. The van der Waals surface area contributed by atoms with E-state index in [2.05, 4.69) is 27.3 Å². The summed E-state index contributed by atoms with van der Waals surface area (Å²) in [5, 5.41) is 22.2. The van der Waals surface area contributed by atoms with Gasteiger partial charge in [0, 0.05) is 31.7 Å². The third-order valence-electron chi connectivity index (χ3n) is 5.31. The van der Waals surface area contributed by atoms with Crippen molar-refractivity contribution in [2.45, 2.75) is 38.8 Å². The quantitative estimate of drug-likeness (QED) is 0.764. The molecule has 0 spiro atoms. The molecule has 8 heteroatoms. The number of carbonyl (C=O) groups excluding carboxylic acids is 1. The summed E-state index contributed by atoms with van der Waals surface area (Å²) in [4.78, 5) is 16.6. The molecule has 1 atom stereocenters. The van der Waals surface area contributed by atoms with Crippen molar-refractivity contribution in [3.05, 3.63) is 30.3 Å². The lowest BCUT2D eigenvalue weighted by atomic mass is 9.93. The number of rotatable bonds is 1. The highest BCUT2D eigenvalue weighted by molar-refractivity contribution is 5.78. The fourth-order valence-electron chi connectivity index (χ4n) is 3.92. The Morgan fingerprint density at radius 2 is 2.00 bits per heavy atom. The van der Waals surface area contributed by atoms with Crippen LogP contribution < -0.4 is 10.2 Å². The van der Waals surface area contributed by atoms with Crippen molar-refractivity contribution < 1.29 is 14.6 Å². The molecule has 1 fully saturated rings. The third-order valence-corrected chi connectivity index (χ3v) is 5.31. The Morgan fingerprint density at radius 1 is 1.24 bits per heavy atom. The first kappa shape index (κ1) is 19.3. The number of aromatic hydroxyl groups is 1. The Morgan fingerprint density at radius 3 is 2.72 bits per heavy atom.